The van der Waals surface area contributed by atoms with Gasteiger partial charge in [-0.05, 0) is 39.0 Å². The lowest BCUT2D eigenvalue weighted by Gasteiger charge is -2.27. The standard InChI is InChI=1S/C39H65N13O15/c1-17(2)8-24(39(66)67)48-37(64)27(15-55)51-38(65)30(18(3)4)52-33(60)21(7)46-35(62)25(13-53)49-32(59)20(6)44-29(57)12-42-31(58)19(5)45-36(63)26(14-54)50-34(61)23(47-28(56)10-40)9-22-11-41-16-43-22/h11,16-21,23-27,30,53-55H,8-10,12-15,40H2,1-7H3,(H,41,43)(H,42,58)(H,44,57)(H,45,63)(H,46,62)(H,47,56)(H,48,64)(H,49,59)(H,50,61)(H,51,65)(H,52,60)(H,66,67)/t19-,20-,21-,23-,24-,25-,26-,27-,30-/m0/s1. The first kappa shape index (κ1) is 58.2. The van der Waals surface area contributed by atoms with E-state index in [2.05, 4.69) is 63.1 Å². The number of hydrogen-bond donors (Lipinski definition) is 16. The average Bonchev–Trinajstić information content (AvgIpc) is 3.79. The molecule has 376 valence electrons. The zero-order valence-corrected chi connectivity index (χ0v) is 38.3. The molecule has 1 aromatic heterocycles. The number of nitrogens with two attached hydrogens (primary N) is 1. The van der Waals surface area contributed by atoms with Crippen molar-refractivity contribution in [2.45, 2.75) is 116 Å². The second-order valence-corrected chi connectivity index (χ2v) is 16.1. The summed E-state index contributed by atoms with van der Waals surface area (Å²) in [4.78, 5) is 146. The smallest absolute Gasteiger partial charge is 0.326 e. The summed E-state index contributed by atoms with van der Waals surface area (Å²) < 4.78 is 0. The Labute approximate surface area is 385 Å². The number of aromatic nitrogens is 2. The molecule has 0 saturated heterocycles. The lowest BCUT2D eigenvalue weighted by Crippen LogP contribution is -2.60. The Morgan fingerprint density at radius 2 is 1.00 bits per heavy atom. The highest BCUT2D eigenvalue weighted by molar-refractivity contribution is 5.98. The minimum Gasteiger partial charge on any atom is -0.480 e. The quantitative estimate of drug-likeness (QED) is 0.0355. The molecule has 28 nitrogen and oxygen atoms in total. The number of H-pyrrole nitrogens is 1. The van der Waals surface area contributed by atoms with Crippen LogP contribution in [0.2, 0.25) is 0 Å². The largest absolute Gasteiger partial charge is 0.480 e. The Balaban J connectivity index is 2.73. The highest BCUT2D eigenvalue weighted by Gasteiger charge is 2.34. The molecule has 0 aromatic carbocycles. The highest BCUT2D eigenvalue weighted by Crippen LogP contribution is 2.07. The van der Waals surface area contributed by atoms with Crippen LogP contribution in [0.5, 0.6) is 0 Å². The predicted molar refractivity (Wildman–Crippen MR) is 232 cm³/mol. The van der Waals surface area contributed by atoms with Crippen molar-refractivity contribution >= 4 is 65.0 Å². The van der Waals surface area contributed by atoms with Crippen molar-refractivity contribution in [2.75, 3.05) is 32.9 Å². The second-order valence-electron chi connectivity index (χ2n) is 16.1. The van der Waals surface area contributed by atoms with Crippen LogP contribution in [-0.2, 0) is 59.2 Å². The topological polar surface area (TPSA) is 444 Å². The molecule has 1 rings (SSSR count). The second kappa shape index (κ2) is 29.0. The number of carboxylic acid groups (broad SMARTS) is 1. The van der Waals surface area contributed by atoms with Crippen molar-refractivity contribution in [1.29, 1.82) is 0 Å². The first-order valence-electron chi connectivity index (χ1n) is 21.1. The van der Waals surface area contributed by atoms with Crippen molar-refractivity contribution in [3.05, 3.63) is 18.2 Å². The number of carbonyl (C=O) groups excluding carboxylic acids is 10. The van der Waals surface area contributed by atoms with Crippen LogP contribution in [0.4, 0.5) is 0 Å². The van der Waals surface area contributed by atoms with Crippen LogP contribution in [0.25, 0.3) is 0 Å². The molecule has 17 N–H and O–H groups in total. The van der Waals surface area contributed by atoms with E-state index in [1.807, 2.05) is 0 Å². The fourth-order valence-electron chi connectivity index (χ4n) is 5.71. The molecular weight excluding hydrogens is 891 g/mol. The van der Waals surface area contributed by atoms with Crippen LogP contribution < -0.4 is 58.9 Å². The first-order valence-corrected chi connectivity index (χ1v) is 21.1. The lowest BCUT2D eigenvalue weighted by atomic mass is 10.0. The van der Waals surface area contributed by atoms with Crippen molar-refractivity contribution in [2.24, 2.45) is 17.6 Å². The first-order chi connectivity index (χ1) is 31.4. The Morgan fingerprint density at radius 3 is 1.46 bits per heavy atom. The van der Waals surface area contributed by atoms with E-state index in [4.69, 9.17) is 5.73 Å². The van der Waals surface area contributed by atoms with Gasteiger partial charge in [0, 0.05) is 18.3 Å². The molecule has 0 saturated carbocycles. The third-order valence-electron chi connectivity index (χ3n) is 9.53. The summed E-state index contributed by atoms with van der Waals surface area (Å²) >= 11 is 0. The minimum absolute atomic E-state index is 0.0694. The molecule has 28 heteroatoms. The summed E-state index contributed by atoms with van der Waals surface area (Å²) in [5.41, 5.74) is 5.79. The van der Waals surface area contributed by atoms with Crippen LogP contribution in [-0.4, -0.2) is 183 Å². The number of aliphatic hydroxyl groups is 3. The van der Waals surface area contributed by atoms with Gasteiger partial charge < -0.3 is 84.3 Å². The van der Waals surface area contributed by atoms with E-state index in [1.54, 1.807) is 27.7 Å². The molecule has 0 bridgehead atoms. The summed E-state index contributed by atoms with van der Waals surface area (Å²) in [5, 5.41) is 61.8. The Hall–Kier alpha value is -6.78. The van der Waals surface area contributed by atoms with Crippen molar-refractivity contribution in [1.82, 2.24) is 63.1 Å². The number of carbonyl (C=O) groups is 11. The number of aromatic amines is 1. The van der Waals surface area contributed by atoms with Gasteiger partial charge in [0.25, 0.3) is 0 Å². The number of aliphatic carboxylic acids is 1. The number of nitrogens with one attached hydrogen (secondary N) is 11. The van der Waals surface area contributed by atoms with E-state index < -0.39 is 158 Å². The van der Waals surface area contributed by atoms with E-state index in [1.165, 1.54) is 33.3 Å². The number of amides is 10. The maximum Gasteiger partial charge on any atom is 0.326 e. The van der Waals surface area contributed by atoms with Crippen LogP contribution in [0, 0.1) is 11.8 Å². The number of aliphatic hydroxyl groups excluding tert-OH is 3. The maximum atomic E-state index is 13.1. The zero-order chi connectivity index (χ0) is 51.1. The lowest BCUT2D eigenvalue weighted by molar-refractivity contribution is -0.143. The number of hydrogen-bond acceptors (Lipinski definition) is 16. The average molecular weight is 956 g/mol. The molecule has 1 aromatic rings. The fraction of sp³-hybridized carbons (Fsp3) is 0.641. The van der Waals surface area contributed by atoms with Crippen molar-refractivity contribution < 1.29 is 73.2 Å². The summed E-state index contributed by atoms with van der Waals surface area (Å²) in [6, 6.07) is -12.7. The number of nitrogens with zero attached hydrogens (tertiary/aromatic N) is 1. The van der Waals surface area contributed by atoms with E-state index >= 15 is 0 Å². The molecule has 0 unspecified atom stereocenters. The van der Waals surface area contributed by atoms with Gasteiger partial charge in [0.15, 0.2) is 0 Å². The molecular formula is C39H65N13O15. The summed E-state index contributed by atoms with van der Waals surface area (Å²) in [7, 11) is 0. The molecule has 10 amide bonds. The predicted octanol–water partition coefficient (Wildman–Crippen LogP) is -7.79. The highest BCUT2D eigenvalue weighted by atomic mass is 16.4. The van der Waals surface area contributed by atoms with E-state index in [0.29, 0.717) is 5.69 Å². The molecule has 0 aliphatic heterocycles. The van der Waals surface area contributed by atoms with Gasteiger partial charge in [-0.3, -0.25) is 47.9 Å². The third kappa shape index (κ3) is 20.5. The molecule has 67 heavy (non-hydrogen) atoms. The van der Waals surface area contributed by atoms with Gasteiger partial charge in [-0.2, -0.15) is 0 Å². The number of imidazole rings is 1. The van der Waals surface area contributed by atoms with Gasteiger partial charge >= 0.3 is 5.97 Å². The van der Waals surface area contributed by atoms with Gasteiger partial charge in [0.2, 0.25) is 59.1 Å². The molecule has 0 aliphatic rings. The molecule has 0 spiro atoms. The van der Waals surface area contributed by atoms with Gasteiger partial charge in [-0.1, -0.05) is 27.7 Å². The normalized spacial score (nSPS) is 15.1. The molecule has 0 radical (unpaired) electrons. The van der Waals surface area contributed by atoms with E-state index in [0.717, 1.165) is 0 Å². The van der Waals surface area contributed by atoms with E-state index in [-0.39, 0.29) is 18.8 Å². The maximum absolute atomic E-state index is 13.1. The molecule has 9 atom stereocenters. The Kier molecular flexibility index (Phi) is 25.2. The zero-order valence-electron chi connectivity index (χ0n) is 38.3. The SMILES string of the molecule is CC(C)C[C@H](NC(=O)[C@H](CO)NC(=O)[C@@H](NC(=O)[C@H](C)NC(=O)[C@H](CO)NC(=O)[C@H](C)NC(=O)CNC(=O)[C@H](C)NC(=O)[C@H](CO)NC(=O)[C@H](Cc1cnc[nH]1)NC(=O)CN)C(C)C)C(=O)O. The van der Waals surface area contributed by atoms with Crippen LogP contribution in [0.3, 0.4) is 0 Å². The Bertz CT molecular complexity index is 1880. The van der Waals surface area contributed by atoms with Crippen molar-refractivity contribution in [3.63, 3.8) is 0 Å². The van der Waals surface area contributed by atoms with Gasteiger partial charge in [0.05, 0.1) is 39.2 Å². The molecule has 1 heterocycles. The number of rotatable bonds is 29. The summed E-state index contributed by atoms with van der Waals surface area (Å²) in [5.74, 6) is -11.2. The minimum atomic E-state index is -1.65. The number of carboxylic acids is 1. The van der Waals surface area contributed by atoms with Gasteiger partial charge in [-0.15, -0.1) is 0 Å². The van der Waals surface area contributed by atoms with Crippen LogP contribution in [0.1, 0.15) is 60.6 Å². The van der Waals surface area contributed by atoms with Gasteiger partial charge in [-0.25, -0.2) is 9.78 Å². The Morgan fingerprint density at radius 1 is 0.552 bits per heavy atom. The molecule has 0 aliphatic carbocycles. The summed E-state index contributed by atoms with van der Waals surface area (Å²) in [6.07, 6.45) is 2.75. The monoisotopic (exact) mass is 955 g/mol. The fourth-order valence-corrected chi connectivity index (χ4v) is 5.71. The summed E-state index contributed by atoms with van der Waals surface area (Å²) in [6.45, 7) is 6.32. The van der Waals surface area contributed by atoms with Crippen LogP contribution >= 0.6 is 0 Å². The van der Waals surface area contributed by atoms with Gasteiger partial charge in [0.1, 0.15) is 54.4 Å². The van der Waals surface area contributed by atoms with Crippen molar-refractivity contribution in [3.8, 4) is 0 Å². The molecule has 0 fully saturated rings. The van der Waals surface area contributed by atoms with E-state index in [9.17, 15) is 73.2 Å². The van der Waals surface area contributed by atoms with Crippen LogP contribution in [0.15, 0.2) is 12.5 Å². The third-order valence-corrected chi connectivity index (χ3v) is 9.53.